The highest BCUT2D eigenvalue weighted by molar-refractivity contribution is 5.78. The van der Waals surface area contributed by atoms with Crippen LogP contribution in [-0.4, -0.2) is 17.0 Å². The van der Waals surface area contributed by atoms with Gasteiger partial charge in [0.2, 0.25) is 0 Å². The van der Waals surface area contributed by atoms with E-state index in [2.05, 4.69) is 6.92 Å². The molecule has 0 aromatic heterocycles. The number of hydrogen-bond donors (Lipinski definition) is 1. The van der Waals surface area contributed by atoms with Crippen molar-refractivity contribution in [3.8, 4) is 0 Å². The van der Waals surface area contributed by atoms with E-state index in [1.165, 1.54) is 0 Å². The van der Waals surface area contributed by atoms with Crippen LogP contribution in [0.25, 0.3) is 0 Å². The van der Waals surface area contributed by atoms with Crippen LogP contribution < -0.4 is 0 Å². The summed E-state index contributed by atoms with van der Waals surface area (Å²) in [4.78, 5) is 10.9. The normalized spacial score (nSPS) is 12.9. The predicted molar refractivity (Wildman–Crippen MR) is 50.1 cm³/mol. The molecule has 0 bridgehead atoms. The van der Waals surface area contributed by atoms with Gasteiger partial charge in [0.1, 0.15) is 5.78 Å². The van der Waals surface area contributed by atoms with Crippen LogP contribution in [0.4, 0.5) is 0 Å². The third-order valence-corrected chi connectivity index (χ3v) is 2.00. The van der Waals surface area contributed by atoms with Gasteiger partial charge >= 0.3 is 0 Å². The van der Waals surface area contributed by atoms with Crippen LogP contribution in [0.5, 0.6) is 0 Å². The number of ketones is 1. The molecular formula is C10H20O2. The maximum Gasteiger partial charge on any atom is 0.135 e. The third-order valence-electron chi connectivity index (χ3n) is 2.00. The van der Waals surface area contributed by atoms with Crippen molar-refractivity contribution in [3.63, 3.8) is 0 Å². The Morgan fingerprint density at radius 3 is 2.50 bits per heavy atom. The van der Waals surface area contributed by atoms with Crippen molar-refractivity contribution in [2.45, 2.75) is 58.5 Å². The number of Topliss-reactive ketones (excluding diaryl/α,β-unsaturated/α-hetero) is 1. The van der Waals surface area contributed by atoms with E-state index in [0.717, 1.165) is 25.7 Å². The molecule has 1 atom stereocenters. The highest BCUT2D eigenvalue weighted by atomic mass is 16.3. The van der Waals surface area contributed by atoms with Crippen molar-refractivity contribution in [1.82, 2.24) is 0 Å². The van der Waals surface area contributed by atoms with Crippen molar-refractivity contribution in [1.29, 1.82) is 0 Å². The fourth-order valence-corrected chi connectivity index (χ4v) is 1.14. The van der Waals surface area contributed by atoms with Crippen LogP contribution >= 0.6 is 0 Å². The highest BCUT2D eigenvalue weighted by Gasteiger charge is 2.07. The van der Waals surface area contributed by atoms with Crippen LogP contribution in [0.15, 0.2) is 0 Å². The molecule has 0 saturated carbocycles. The Morgan fingerprint density at radius 2 is 2.00 bits per heavy atom. The molecule has 72 valence electrons. The average Bonchev–Trinajstić information content (AvgIpc) is 2.05. The van der Waals surface area contributed by atoms with Gasteiger partial charge in [0.15, 0.2) is 0 Å². The van der Waals surface area contributed by atoms with E-state index in [4.69, 9.17) is 0 Å². The van der Waals surface area contributed by atoms with Gasteiger partial charge in [0.25, 0.3) is 0 Å². The van der Waals surface area contributed by atoms with E-state index in [1.54, 1.807) is 0 Å². The van der Waals surface area contributed by atoms with Gasteiger partial charge in [-0.3, -0.25) is 4.79 Å². The Morgan fingerprint density at radius 1 is 1.33 bits per heavy atom. The van der Waals surface area contributed by atoms with Gasteiger partial charge in [0, 0.05) is 12.8 Å². The zero-order valence-electron chi connectivity index (χ0n) is 8.18. The van der Waals surface area contributed by atoms with Gasteiger partial charge < -0.3 is 5.11 Å². The Kier molecular flexibility index (Phi) is 7.06. The minimum Gasteiger partial charge on any atom is -0.393 e. The Bertz CT molecular complexity index is 121. The molecule has 0 fully saturated rings. The first-order valence-corrected chi connectivity index (χ1v) is 4.90. The number of aliphatic hydroxyl groups excluding tert-OH is 1. The SMILES string of the molecule is CCCCC[C@@H](O)CC(=O)CC. The highest BCUT2D eigenvalue weighted by Crippen LogP contribution is 2.07. The summed E-state index contributed by atoms with van der Waals surface area (Å²) in [5.41, 5.74) is 0. The summed E-state index contributed by atoms with van der Waals surface area (Å²) < 4.78 is 0. The lowest BCUT2D eigenvalue weighted by molar-refractivity contribution is -0.120. The lowest BCUT2D eigenvalue weighted by Crippen LogP contribution is -2.12. The first-order chi connectivity index (χ1) is 5.70. The molecular weight excluding hydrogens is 152 g/mol. The van der Waals surface area contributed by atoms with Gasteiger partial charge in [-0.1, -0.05) is 33.1 Å². The first-order valence-electron chi connectivity index (χ1n) is 4.90. The zero-order chi connectivity index (χ0) is 9.40. The third kappa shape index (κ3) is 6.35. The van der Waals surface area contributed by atoms with E-state index in [0.29, 0.717) is 12.8 Å². The molecule has 0 aromatic carbocycles. The molecule has 0 radical (unpaired) electrons. The number of carbonyl (C=O) groups is 1. The summed E-state index contributed by atoms with van der Waals surface area (Å²) in [6.07, 6.45) is 4.62. The van der Waals surface area contributed by atoms with E-state index < -0.39 is 6.10 Å². The second-order valence-corrected chi connectivity index (χ2v) is 3.25. The molecule has 0 heterocycles. The number of carbonyl (C=O) groups excluding carboxylic acids is 1. The molecule has 0 aliphatic heterocycles. The Balaban J connectivity index is 3.32. The summed E-state index contributed by atoms with van der Waals surface area (Å²) in [5.74, 6) is 0.166. The lowest BCUT2D eigenvalue weighted by Gasteiger charge is -2.07. The molecule has 0 unspecified atom stereocenters. The molecule has 0 aromatic rings. The van der Waals surface area contributed by atoms with Crippen LogP contribution in [0, 0.1) is 0 Å². The standard InChI is InChI=1S/C10H20O2/c1-3-5-6-7-10(12)8-9(11)4-2/h10,12H,3-8H2,1-2H3/t10-/m1/s1. The number of unbranched alkanes of at least 4 members (excludes halogenated alkanes) is 2. The Hall–Kier alpha value is -0.370. The Labute approximate surface area is 75.0 Å². The largest absolute Gasteiger partial charge is 0.393 e. The predicted octanol–water partition coefficient (Wildman–Crippen LogP) is 2.30. The van der Waals surface area contributed by atoms with Gasteiger partial charge in [0.05, 0.1) is 6.10 Å². The summed E-state index contributed by atoms with van der Waals surface area (Å²) >= 11 is 0. The van der Waals surface area contributed by atoms with Crippen molar-refractivity contribution in [3.05, 3.63) is 0 Å². The molecule has 0 aliphatic rings. The smallest absolute Gasteiger partial charge is 0.135 e. The molecule has 0 rings (SSSR count). The van der Waals surface area contributed by atoms with E-state index in [1.807, 2.05) is 6.92 Å². The number of hydrogen-bond acceptors (Lipinski definition) is 2. The minimum absolute atomic E-state index is 0.166. The van der Waals surface area contributed by atoms with Gasteiger partial charge in [-0.15, -0.1) is 0 Å². The summed E-state index contributed by atoms with van der Waals surface area (Å²) in [6, 6.07) is 0. The summed E-state index contributed by atoms with van der Waals surface area (Å²) in [5, 5.41) is 9.36. The second-order valence-electron chi connectivity index (χ2n) is 3.25. The molecule has 2 heteroatoms. The molecule has 2 nitrogen and oxygen atoms in total. The monoisotopic (exact) mass is 172 g/mol. The first kappa shape index (κ1) is 11.6. The van der Waals surface area contributed by atoms with Crippen LogP contribution in [0.3, 0.4) is 0 Å². The van der Waals surface area contributed by atoms with Crippen LogP contribution in [0.2, 0.25) is 0 Å². The fourth-order valence-electron chi connectivity index (χ4n) is 1.14. The quantitative estimate of drug-likeness (QED) is 0.598. The maximum absolute atomic E-state index is 10.9. The van der Waals surface area contributed by atoms with E-state index in [9.17, 15) is 9.90 Å². The molecule has 12 heavy (non-hydrogen) atoms. The number of aliphatic hydroxyl groups is 1. The molecule has 0 saturated heterocycles. The second kappa shape index (κ2) is 7.29. The van der Waals surface area contributed by atoms with Crippen LogP contribution in [-0.2, 0) is 4.79 Å². The van der Waals surface area contributed by atoms with Gasteiger partial charge in [-0.2, -0.15) is 0 Å². The number of rotatable bonds is 7. The molecule has 0 aliphatic carbocycles. The van der Waals surface area contributed by atoms with Crippen molar-refractivity contribution in [2.24, 2.45) is 0 Å². The topological polar surface area (TPSA) is 37.3 Å². The minimum atomic E-state index is -0.399. The van der Waals surface area contributed by atoms with Crippen molar-refractivity contribution >= 4 is 5.78 Å². The average molecular weight is 172 g/mol. The fraction of sp³-hybridized carbons (Fsp3) is 0.900. The van der Waals surface area contributed by atoms with Gasteiger partial charge in [-0.25, -0.2) is 0 Å². The maximum atomic E-state index is 10.9. The molecule has 0 amide bonds. The summed E-state index contributed by atoms with van der Waals surface area (Å²) in [7, 11) is 0. The lowest BCUT2D eigenvalue weighted by atomic mass is 10.1. The van der Waals surface area contributed by atoms with E-state index >= 15 is 0 Å². The summed E-state index contributed by atoms with van der Waals surface area (Å²) in [6.45, 7) is 3.96. The molecule has 1 N–H and O–H groups in total. The molecule has 0 spiro atoms. The van der Waals surface area contributed by atoms with Crippen LogP contribution in [0.1, 0.15) is 52.4 Å². The van der Waals surface area contributed by atoms with Crippen molar-refractivity contribution in [2.75, 3.05) is 0 Å². The zero-order valence-corrected chi connectivity index (χ0v) is 8.18. The van der Waals surface area contributed by atoms with Crippen molar-refractivity contribution < 1.29 is 9.90 Å². The van der Waals surface area contributed by atoms with Gasteiger partial charge in [-0.05, 0) is 6.42 Å². The van der Waals surface area contributed by atoms with E-state index in [-0.39, 0.29) is 5.78 Å².